The van der Waals surface area contributed by atoms with Gasteiger partial charge < -0.3 is 36.5 Å². The van der Waals surface area contributed by atoms with Crippen molar-refractivity contribution >= 4 is 53.1 Å². The number of imide groups is 1. The lowest BCUT2D eigenvalue weighted by atomic mass is 10.0. The molecule has 53 heavy (non-hydrogen) atoms. The van der Waals surface area contributed by atoms with Gasteiger partial charge in [-0.15, -0.1) is 0 Å². The highest BCUT2D eigenvalue weighted by Crippen LogP contribution is 2.19. The summed E-state index contributed by atoms with van der Waals surface area (Å²) in [6, 6.07) is 8.50. The SMILES string of the molecule is CC(C)[C@H](NC(=O)[C@H](CCCNC(N)=O)NC(=O)CCCCCN1C(=O)C=CC1=O)C(=O)Nc1ccc(COC(=O)Oc2ccc([N+](=O)[O-])cc2)cc1. The van der Waals surface area contributed by atoms with Crippen molar-refractivity contribution in [1.82, 2.24) is 20.9 Å². The standard InChI is InChI=1S/C35H43N7O11/c1-22(2)31(33(47)38-24-11-9-23(10-12-24)21-52-35(49)53-26-15-13-25(14-16-26)42(50)51)40-32(46)27(7-6-19-37-34(36)48)39-28(43)8-4-3-5-20-41-29(44)17-18-30(41)45/h9-18,22,27,31H,3-8,19-21H2,1-2H3,(H,38,47)(H,39,43)(H,40,46)(H3,36,37,48)/t27-,31-/m0/s1. The Morgan fingerprint density at radius 3 is 2.13 bits per heavy atom. The number of hydrogen-bond donors (Lipinski definition) is 5. The lowest BCUT2D eigenvalue weighted by Crippen LogP contribution is -2.54. The Kier molecular flexibility index (Phi) is 15.9. The summed E-state index contributed by atoms with van der Waals surface area (Å²) in [7, 11) is 0. The summed E-state index contributed by atoms with van der Waals surface area (Å²) in [5, 5.41) is 21.4. The molecule has 1 aliphatic heterocycles. The van der Waals surface area contributed by atoms with Crippen LogP contribution in [0.15, 0.2) is 60.7 Å². The number of nitrogens with two attached hydrogens (primary N) is 1. The van der Waals surface area contributed by atoms with Gasteiger partial charge in [0, 0.05) is 49.5 Å². The number of ether oxygens (including phenoxy) is 2. The Labute approximate surface area is 304 Å². The summed E-state index contributed by atoms with van der Waals surface area (Å²) in [6.07, 6.45) is 3.44. The van der Waals surface area contributed by atoms with Gasteiger partial charge in [0.25, 0.3) is 17.5 Å². The van der Waals surface area contributed by atoms with Gasteiger partial charge in [0.15, 0.2) is 0 Å². The quantitative estimate of drug-likeness (QED) is 0.0330. The molecule has 0 aromatic heterocycles. The fourth-order valence-corrected chi connectivity index (χ4v) is 5.03. The number of nitro groups is 1. The maximum absolute atomic E-state index is 13.4. The van der Waals surface area contributed by atoms with Crippen molar-refractivity contribution in [3.63, 3.8) is 0 Å². The molecule has 2 aromatic rings. The summed E-state index contributed by atoms with van der Waals surface area (Å²) >= 11 is 0. The number of amides is 7. The third kappa shape index (κ3) is 14.1. The van der Waals surface area contributed by atoms with Crippen molar-refractivity contribution < 1.29 is 48.0 Å². The number of primary amides is 1. The van der Waals surface area contributed by atoms with E-state index >= 15 is 0 Å². The number of non-ortho nitro benzene ring substituents is 1. The first-order valence-corrected chi connectivity index (χ1v) is 16.9. The number of nitrogens with zero attached hydrogens (tertiary/aromatic N) is 2. The van der Waals surface area contributed by atoms with E-state index in [9.17, 15) is 43.7 Å². The van der Waals surface area contributed by atoms with Crippen molar-refractivity contribution in [3.8, 4) is 5.75 Å². The zero-order valence-corrected chi connectivity index (χ0v) is 29.3. The van der Waals surface area contributed by atoms with E-state index in [1.54, 1.807) is 38.1 Å². The van der Waals surface area contributed by atoms with Crippen LogP contribution in [0.5, 0.6) is 5.75 Å². The molecule has 2 atom stereocenters. The third-order valence-electron chi connectivity index (χ3n) is 7.88. The fraction of sp³-hybridized carbons (Fsp3) is 0.400. The van der Waals surface area contributed by atoms with Crippen LogP contribution in [-0.2, 0) is 35.3 Å². The van der Waals surface area contributed by atoms with E-state index in [1.807, 2.05) is 0 Å². The van der Waals surface area contributed by atoms with Crippen LogP contribution < -0.4 is 31.7 Å². The molecule has 2 aromatic carbocycles. The van der Waals surface area contributed by atoms with Gasteiger partial charge in [0.1, 0.15) is 24.4 Å². The van der Waals surface area contributed by atoms with Crippen LogP contribution >= 0.6 is 0 Å². The van der Waals surface area contributed by atoms with Crippen molar-refractivity contribution in [1.29, 1.82) is 0 Å². The van der Waals surface area contributed by atoms with Gasteiger partial charge in [-0.25, -0.2) is 9.59 Å². The van der Waals surface area contributed by atoms with E-state index < -0.39 is 46.9 Å². The molecule has 0 spiro atoms. The largest absolute Gasteiger partial charge is 0.514 e. The minimum Gasteiger partial charge on any atom is -0.429 e. The molecule has 7 amide bonds. The van der Waals surface area contributed by atoms with Gasteiger partial charge >= 0.3 is 12.2 Å². The van der Waals surface area contributed by atoms with Crippen LogP contribution in [0.3, 0.4) is 0 Å². The zero-order valence-electron chi connectivity index (χ0n) is 29.3. The summed E-state index contributed by atoms with van der Waals surface area (Å²) < 4.78 is 10.1. The highest BCUT2D eigenvalue weighted by molar-refractivity contribution is 6.12. The number of anilines is 1. The van der Waals surface area contributed by atoms with Crippen LogP contribution in [0, 0.1) is 16.0 Å². The molecule has 0 bridgehead atoms. The van der Waals surface area contributed by atoms with Crippen LogP contribution in [0.25, 0.3) is 0 Å². The molecule has 0 aliphatic carbocycles. The predicted molar refractivity (Wildman–Crippen MR) is 189 cm³/mol. The van der Waals surface area contributed by atoms with Gasteiger partial charge in [0.2, 0.25) is 17.7 Å². The first kappa shape index (κ1) is 41.1. The average molecular weight is 738 g/mol. The first-order valence-electron chi connectivity index (χ1n) is 16.9. The minimum atomic E-state index is -1.02. The lowest BCUT2D eigenvalue weighted by molar-refractivity contribution is -0.384. The highest BCUT2D eigenvalue weighted by atomic mass is 16.7. The Morgan fingerprint density at radius 1 is 0.868 bits per heavy atom. The van der Waals surface area contributed by atoms with Gasteiger partial charge in [-0.05, 0) is 61.4 Å². The van der Waals surface area contributed by atoms with Crippen molar-refractivity contribution in [2.24, 2.45) is 11.7 Å². The highest BCUT2D eigenvalue weighted by Gasteiger charge is 2.29. The van der Waals surface area contributed by atoms with E-state index in [2.05, 4.69) is 21.3 Å². The van der Waals surface area contributed by atoms with Gasteiger partial charge in [-0.2, -0.15) is 0 Å². The first-order chi connectivity index (χ1) is 25.2. The minimum absolute atomic E-state index is 0.0667. The fourth-order valence-electron chi connectivity index (χ4n) is 5.03. The monoisotopic (exact) mass is 737 g/mol. The molecule has 1 heterocycles. The van der Waals surface area contributed by atoms with E-state index in [0.717, 1.165) is 4.90 Å². The summed E-state index contributed by atoms with van der Waals surface area (Å²) in [5.74, 6) is -2.55. The summed E-state index contributed by atoms with van der Waals surface area (Å²) in [6.45, 7) is 3.72. The molecule has 18 nitrogen and oxygen atoms in total. The number of urea groups is 1. The molecule has 0 radical (unpaired) electrons. The second-order valence-electron chi connectivity index (χ2n) is 12.3. The molecular weight excluding hydrogens is 694 g/mol. The van der Waals surface area contributed by atoms with E-state index in [4.69, 9.17) is 15.2 Å². The number of nitro benzene ring substituents is 1. The molecule has 3 rings (SSSR count). The molecule has 0 unspecified atom stereocenters. The number of unbranched alkanes of at least 4 members (excludes halogenated alkanes) is 2. The van der Waals surface area contributed by atoms with Crippen LogP contribution in [0.2, 0.25) is 0 Å². The normalized spacial score (nSPS) is 13.2. The molecule has 1 aliphatic rings. The number of benzene rings is 2. The predicted octanol–water partition coefficient (Wildman–Crippen LogP) is 2.81. The smallest absolute Gasteiger partial charge is 0.429 e. The molecule has 284 valence electrons. The van der Waals surface area contributed by atoms with Crippen LogP contribution in [0.1, 0.15) is 57.9 Å². The van der Waals surface area contributed by atoms with Crippen LogP contribution in [-0.4, -0.2) is 76.7 Å². The maximum atomic E-state index is 13.4. The zero-order chi connectivity index (χ0) is 38.9. The third-order valence-corrected chi connectivity index (χ3v) is 7.88. The molecule has 0 saturated heterocycles. The molecule has 0 fully saturated rings. The van der Waals surface area contributed by atoms with E-state index in [-0.39, 0.29) is 61.7 Å². The Bertz CT molecular complexity index is 1660. The summed E-state index contributed by atoms with van der Waals surface area (Å²) in [5.41, 5.74) is 5.92. The van der Waals surface area contributed by atoms with Crippen molar-refractivity contribution in [2.75, 3.05) is 18.4 Å². The van der Waals surface area contributed by atoms with Gasteiger partial charge in [-0.1, -0.05) is 32.4 Å². The van der Waals surface area contributed by atoms with Crippen molar-refractivity contribution in [2.45, 2.75) is 71.1 Å². The maximum Gasteiger partial charge on any atom is 0.514 e. The Balaban J connectivity index is 1.50. The lowest BCUT2D eigenvalue weighted by Gasteiger charge is -2.25. The van der Waals surface area contributed by atoms with Gasteiger partial charge in [0.05, 0.1) is 4.92 Å². The number of rotatable bonds is 20. The summed E-state index contributed by atoms with van der Waals surface area (Å²) in [4.78, 5) is 97.3. The molecule has 0 saturated carbocycles. The average Bonchev–Trinajstić information content (AvgIpc) is 3.43. The van der Waals surface area contributed by atoms with Gasteiger partial charge in [-0.3, -0.25) is 39.0 Å². The van der Waals surface area contributed by atoms with E-state index in [1.165, 1.54) is 36.4 Å². The number of carbonyl (C=O) groups is 7. The number of carbonyl (C=O) groups excluding carboxylic acids is 7. The van der Waals surface area contributed by atoms with Crippen molar-refractivity contribution in [3.05, 3.63) is 76.4 Å². The number of hydrogen-bond acceptors (Lipinski definition) is 11. The molecule has 18 heteroatoms. The number of nitrogens with one attached hydrogen (secondary N) is 4. The van der Waals surface area contributed by atoms with E-state index in [0.29, 0.717) is 36.9 Å². The topological polar surface area (TPSA) is 258 Å². The Hall–Kier alpha value is -6.33. The second-order valence-corrected chi connectivity index (χ2v) is 12.3. The molecule has 6 N–H and O–H groups in total. The Morgan fingerprint density at radius 2 is 1.53 bits per heavy atom. The second kappa shape index (κ2) is 20.5. The molecular formula is C35H43N7O11. The van der Waals surface area contributed by atoms with Crippen LogP contribution in [0.4, 0.5) is 21.0 Å².